The number of anilines is 4. The number of carbonyl (C=O) groups excluding carboxylic acids is 1. The second-order valence-electron chi connectivity index (χ2n) is 6.56. The van der Waals surface area contributed by atoms with E-state index in [0.717, 1.165) is 28.8 Å². The fourth-order valence-electron chi connectivity index (χ4n) is 3.05. The van der Waals surface area contributed by atoms with Crippen molar-refractivity contribution in [1.82, 2.24) is 9.97 Å². The van der Waals surface area contributed by atoms with E-state index in [-0.39, 0.29) is 0 Å². The highest BCUT2D eigenvalue weighted by Gasteiger charge is 2.14. The average molecular weight is 395 g/mol. The lowest BCUT2D eigenvalue weighted by atomic mass is 10.0. The molecule has 0 saturated carbocycles. The molecule has 0 aliphatic heterocycles. The van der Waals surface area contributed by atoms with Gasteiger partial charge in [-0.15, -0.1) is 0 Å². The van der Waals surface area contributed by atoms with Crippen LogP contribution >= 0.6 is 0 Å². The molecular weight excluding hydrogens is 378 g/mol. The summed E-state index contributed by atoms with van der Waals surface area (Å²) in [6.45, 7) is 1.92. The first-order chi connectivity index (χ1) is 14.7. The minimum atomic E-state index is 0.409. The molecule has 0 radical (unpaired) electrons. The number of rotatable bonds is 6. The number of nitriles is 1. The van der Waals surface area contributed by atoms with Gasteiger partial charge in [0, 0.05) is 23.0 Å². The standard InChI is InChI=1S/C23H17N5O2/c1-15-11-17(14-29)12-19(20-3-2-10-30-20)22(15)27-21-8-9-25-23(28-21)26-18-6-4-16(13-24)5-7-18/h2-12,14H,1H3,(H2,25,26,27,28). The number of carbonyl (C=O) groups is 1. The Balaban J connectivity index is 1.64. The van der Waals surface area contributed by atoms with Crippen molar-refractivity contribution in [3.63, 3.8) is 0 Å². The van der Waals surface area contributed by atoms with Gasteiger partial charge in [0.05, 0.1) is 23.6 Å². The van der Waals surface area contributed by atoms with Crippen LogP contribution in [-0.4, -0.2) is 16.3 Å². The molecule has 0 unspecified atom stereocenters. The number of hydrogen-bond acceptors (Lipinski definition) is 7. The van der Waals surface area contributed by atoms with E-state index < -0.39 is 0 Å². The molecular formula is C23H17N5O2. The van der Waals surface area contributed by atoms with Gasteiger partial charge in [-0.05, 0) is 67.1 Å². The smallest absolute Gasteiger partial charge is 0.229 e. The fourth-order valence-corrected chi connectivity index (χ4v) is 3.05. The highest BCUT2D eigenvalue weighted by molar-refractivity contribution is 5.87. The van der Waals surface area contributed by atoms with Gasteiger partial charge in [-0.2, -0.15) is 10.2 Å². The molecule has 30 heavy (non-hydrogen) atoms. The summed E-state index contributed by atoms with van der Waals surface area (Å²) in [6.07, 6.45) is 4.04. The number of aryl methyl sites for hydroxylation is 1. The number of furan rings is 1. The Morgan fingerprint density at radius 1 is 1.10 bits per heavy atom. The second-order valence-corrected chi connectivity index (χ2v) is 6.56. The summed E-state index contributed by atoms with van der Waals surface area (Å²) < 4.78 is 5.55. The molecule has 0 aliphatic carbocycles. The molecule has 0 saturated heterocycles. The van der Waals surface area contributed by atoms with Crippen LogP contribution in [0.1, 0.15) is 21.5 Å². The molecule has 4 rings (SSSR count). The van der Waals surface area contributed by atoms with Gasteiger partial charge in [0.25, 0.3) is 0 Å². The van der Waals surface area contributed by atoms with Gasteiger partial charge < -0.3 is 15.1 Å². The number of nitrogens with zero attached hydrogens (tertiary/aromatic N) is 3. The number of aldehydes is 1. The van der Waals surface area contributed by atoms with Crippen molar-refractivity contribution < 1.29 is 9.21 Å². The first-order valence-electron chi connectivity index (χ1n) is 9.17. The summed E-state index contributed by atoms with van der Waals surface area (Å²) in [5.41, 5.74) is 4.35. The zero-order valence-electron chi connectivity index (χ0n) is 16.1. The first kappa shape index (κ1) is 18.9. The monoisotopic (exact) mass is 395 g/mol. The molecule has 4 aromatic rings. The van der Waals surface area contributed by atoms with Crippen molar-refractivity contribution >= 4 is 29.4 Å². The van der Waals surface area contributed by atoms with Crippen molar-refractivity contribution in [2.75, 3.05) is 10.6 Å². The summed E-state index contributed by atoms with van der Waals surface area (Å²) in [6, 6.07) is 18.1. The van der Waals surface area contributed by atoms with Crippen LogP contribution < -0.4 is 10.6 Å². The molecule has 7 nitrogen and oxygen atoms in total. The van der Waals surface area contributed by atoms with Gasteiger partial charge in [0.15, 0.2) is 0 Å². The van der Waals surface area contributed by atoms with Crippen LogP contribution in [0.3, 0.4) is 0 Å². The van der Waals surface area contributed by atoms with Gasteiger partial charge in [-0.1, -0.05) is 0 Å². The molecule has 2 aromatic carbocycles. The average Bonchev–Trinajstić information content (AvgIpc) is 3.30. The van der Waals surface area contributed by atoms with E-state index in [9.17, 15) is 4.79 Å². The Morgan fingerprint density at radius 3 is 2.63 bits per heavy atom. The normalized spacial score (nSPS) is 10.3. The number of benzene rings is 2. The Labute approximate surface area is 173 Å². The van der Waals surface area contributed by atoms with Crippen LogP contribution in [0, 0.1) is 18.3 Å². The molecule has 0 atom stereocenters. The van der Waals surface area contributed by atoms with E-state index >= 15 is 0 Å². The zero-order chi connectivity index (χ0) is 20.9. The topological polar surface area (TPSA) is 104 Å². The quantitative estimate of drug-likeness (QED) is 0.432. The highest BCUT2D eigenvalue weighted by atomic mass is 16.3. The molecule has 0 amide bonds. The minimum Gasteiger partial charge on any atom is -0.464 e. The molecule has 2 N–H and O–H groups in total. The summed E-state index contributed by atoms with van der Waals surface area (Å²) in [4.78, 5) is 20.1. The minimum absolute atomic E-state index is 0.409. The Morgan fingerprint density at radius 2 is 1.93 bits per heavy atom. The maximum absolute atomic E-state index is 11.3. The highest BCUT2D eigenvalue weighted by Crippen LogP contribution is 2.34. The molecule has 0 aliphatic rings. The van der Waals surface area contributed by atoms with Crippen molar-refractivity contribution in [2.24, 2.45) is 0 Å². The van der Waals surface area contributed by atoms with Crippen LogP contribution in [0.25, 0.3) is 11.3 Å². The lowest BCUT2D eigenvalue weighted by Crippen LogP contribution is -2.03. The Hall–Kier alpha value is -4.44. The van der Waals surface area contributed by atoms with E-state index in [2.05, 4.69) is 26.7 Å². The third-order valence-corrected chi connectivity index (χ3v) is 4.46. The van der Waals surface area contributed by atoms with Gasteiger partial charge in [0.1, 0.15) is 17.9 Å². The Bertz CT molecular complexity index is 1230. The predicted octanol–water partition coefficient (Wildman–Crippen LogP) is 5.22. The third-order valence-electron chi connectivity index (χ3n) is 4.46. The van der Waals surface area contributed by atoms with Crippen molar-refractivity contribution in [3.8, 4) is 17.4 Å². The molecule has 146 valence electrons. The van der Waals surface area contributed by atoms with Crippen LogP contribution in [0.4, 0.5) is 23.1 Å². The first-order valence-corrected chi connectivity index (χ1v) is 9.17. The summed E-state index contributed by atoms with van der Waals surface area (Å²) in [7, 11) is 0. The third kappa shape index (κ3) is 4.03. The van der Waals surface area contributed by atoms with Gasteiger partial charge in [0.2, 0.25) is 5.95 Å². The SMILES string of the molecule is Cc1cc(C=O)cc(-c2ccco2)c1Nc1ccnc(Nc2ccc(C#N)cc2)n1. The fraction of sp³-hybridized carbons (Fsp3) is 0.0435. The largest absolute Gasteiger partial charge is 0.464 e. The van der Waals surface area contributed by atoms with Crippen LogP contribution in [0.2, 0.25) is 0 Å². The molecule has 2 heterocycles. The number of hydrogen-bond donors (Lipinski definition) is 2. The van der Waals surface area contributed by atoms with E-state index in [0.29, 0.717) is 28.7 Å². The second kappa shape index (κ2) is 8.29. The maximum atomic E-state index is 11.3. The van der Waals surface area contributed by atoms with Crippen molar-refractivity contribution in [3.05, 3.63) is 83.7 Å². The lowest BCUT2D eigenvalue weighted by molar-refractivity contribution is 0.112. The maximum Gasteiger partial charge on any atom is 0.229 e. The summed E-state index contributed by atoms with van der Waals surface area (Å²) in [5.74, 6) is 1.64. The summed E-state index contributed by atoms with van der Waals surface area (Å²) in [5, 5.41) is 15.3. The number of nitrogens with one attached hydrogen (secondary N) is 2. The van der Waals surface area contributed by atoms with Crippen molar-refractivity contribution in [1.29, 1.82) is 5.26 Å². The Kier molecular flexibility index (Phi) is 5.22. The van der Waals surface area contributed by atoms with E-state index in [1.807, 2.05) is 13.0 Å². The zero-order valence-corrected chi connectivity index (χ0v) is 16.1. The van der Waals surface area contributed by atoms with Crippen LogP contribution in [0.5, 0.6) is 0 Å². The van der Waals surface area contributed by atoms with Gasteiger partial charge >= 0.3 is 0 Å². The molecule has 7 heteroatoms. The van der Waals surface area contributed by atoms with Crippen molar-refractivity contribution in [2.45, 2.75) is 6.92 Å². The molecule has 2 aromatic heterocycles. The molecule has 0 bridgehead atoms. The van der Waals surface area contributed by atoms with Crippen LogP contribution in [0.15, 0.2) is 71.5 Å². The van der Waals surface area contributed by atoms with Gasteiger partial charge in [-0.3, -0.25) is 4.79 Å². The van der Waals surface area contributed by atoms with Gasteiger partial charge in [-0.25, -0.2) is 4.98 Å². The molecule has 0 spiro atoms. The predicted molar refractivity (Wildman–Crippen MR) is 114 cm³/mol. The van der Waals surface area contributed by atoms with Crippen LogP contribution in [-0.2, 0) is 0 Å². The lowest BCUT2D eigenvalue weighted by Gasteiger charge is -2.15. The molecule has 0 fully saturated rings. The van der Waals surface area contributed by atoms with E-state index in [1.54, 1.807) is 61.0 Å². The number of aromatic nitrogens is 2. The summed E-state index contributed by atoms with van der Waals surface area (Å²) >= 11 is 0. The van der Waals surface area contributed by atoms with E-state index in [1.165, 1.54) is 0 Å². The van der Waals surface area contributed by atoms with E-state index in [4.69, 9.17) is 9.68 Å².